The van der Waals surface area contributed by atoms with Crippen molar-refractivity contribution in [2.45, 2.75) is 50.7 Å². The third-order valence-electron chi connectivity index (χ3n) is 5.93. The van der Waals surface area contributed by atoms with Crippen molar-refractivity contribution in [1.82, 2.24) is 15.5 Å². The normalized spacial score (nSPS) is 32.7. The molecule has 4 atom stereocenters. The van der Waals surface area contributed by atoms with Crippen LogP contribution in [0.3, 0.4) is 0 Å². The highest BCUT2D eigenvalue weighted by Gasteiger charge is 2.39. The van der Waals surface area contributed by atoms with E-state index in [0.717, 1.165) is 36.7 Å². The van der Waals surface area contributed by atoms with E-state index in [0.29, 0.717) is 13.1 Å². The van der Waals surface area contributed by atoms with Crippen molar-refractivity contribution in [3.05, 3.63) is 0 Å². The molecule has 0 aromatic carbocycles. The second kappa shape index (κ2) is 9.10. The molecule has 3 aliphatic rings. The Morgan fingerprint density at radius 2 is 2.00 bits per heavy atom. The number of alkyl halides is 3. The van der Waals surface area contributed by atoms with Gasteiger partial charge in [-0.15, -0.1) is 24.0 Å². The van der Waals surface area contributed by atoms with Gasteiger partial charge in [0.25, 0.3) is 0 Å². The van der Waals surface area contributed by atoms with E-state index in [1.165, 1.54) is 37.0 Å². The van der Waals surface area contributed by atoms with Gasteiger partial charge in [0.05, 0.1) is 6.54 Å². The van der Waals surface area contributed by atoms with Crippen LogP contribution in [-0.2, 0) is 0 Å². The first-order chi connectivity index (χ1) is 11.4. The molecule has 2 N–H and O–H groups in total. The molecule has 2 aliphatic carbocycles. The number of hydrogen-bond donors (Lipinski definition) is 2. The van der Waals surface area contributed by atoms with Gasteiger partial charge in [-0.1, -0.05) is 6.42 Å². The minimum Gasteiger partial charge on any atom is -0.356 e. The fourth-order valence-corrected chi connectivity index (χ4v) is 4.84. The molecule has 4 unspecified atom stereocenters. The molecule has 2 saturated carbocycles. The van der Waals surface area contributed by atoms with Crippen LogP contribution in [0.15, 0.2) is 4.99 Å². The smallest absolute Gasteiger partial charge is 0.356 e. The summed E-state index contributed by atoms with van der Waals surface area (Å²) in [5, 5.41) is 6.61. The van der Waals surface area contributed by atoms with Crippen molar-refractivity contribution in [3.8, 4) is 0 Å². The first-order valence-corrected chi connectivity index (χ1v) is 9.19. The van der Waals surface area contributed by atoms with Gasteiger partial charge in [-0.2, -0.15) is 13.2 Å². The number of likely N-dealkylation sites (tertiary alicyclic amines) is 1. The van der Waals surface area contributed by atoms with Crippen molar-refractivity contribution >= 4 is 29.9 Å². The lowest BCUT2D eigenvalue weighted by molar-refractivity contribution is -0.143. The zero-order valence-electron chi connectivity index (χ0n) is 14.8. The van der Waals surface area contributed by atoms with E-state index >= 15 is 0 Å². The Bertz CT molecular complexity index is 458. The van der Waals surface area contributed by atoms with E-state index in [1.807, 2.05) is 0 Å². The van der Waals surface area contributed by atoms with Gasteiger partial charge in [0, 0.05) is 32.7 Å². The van der Waals surface area contributed by atoms with Crippen LogP contribution in [0.5, 0.6) is 0 Å². The van der Waals surface area contributed by atoms with E-state index < -0.39 is 12.7 Å². The molecule has 8 heteroatoms. The van der Waals surface area contributed by atoms with E-state index in [4.69, 9.17) is 0 Å². The van der Waals surface area contributed by atoms with Crippen LogP contribution in [0.4, 0.5) is 13.2 Å². The highest BCUT2D eigenvalue weighted by molar-refractivity contribution is 14.0. The third kappa shape index (κ3) is 6.15. The fraction of sp³-hybridized carbons (Fsp3) is 0.941. The summed E-state index contributed by atoms with van der Waals surface area (Å²) in [6.07, 6.45) is 3.42. The summed E-state index contributed by atoms with van der Waals surface area (Å²) in [6.45, 7) is 0.986. The Morgan fingerprint density at radius 3 is 2.60 bits per heavy atom. The minimum atomic E-state index is -4.12. The highest BCUT2D eigenvalue weighted by Crippen LogP contribution is 2.49. The SMILES string of the molecule is CN=C(NCCC1CC2CCC1C2)NC1CCN(CC(F)(F)F)C1.I. The molecule has 1 aliphatic heterocycles. The quantitative estimate of drug-likeness (QED) is 0.365. The number of halogens is 4. The van der Waals surface area contributed by atoms with Gasteiger partial charge in [-0.05, 0) is 49.9 Å². The molecule has 3 fully saturated rings. The maximum atomic E-state index is 12.4. The lowest BCUT2D eigenvalue weighted by atomic mass is 9.86. The summed E-state index contributed by atoms with van der Waals surface area (Å²) in [4.78, 5) is 5.68. The molecule has 0 aromatic heterocycles. The van der Waals surface area contributed by atoms with Gasteiger partial charge in [0.15, 0.2) is 5.96 Å². The zero-order valence-corrected chi connectivity index (χ0v) is 17.1. The van der Waals surface area contributed by atoms with Crippen LogP contribution in [-0.4, -0.2) is 56.3 Å². The van der Waals surface area contributed by atoms with Gasteiger partial charge in [-0.25, -0.2) is 0 Å². The molecule has 146 valence electrons. The molecule has 0 spiro atoms. The summed E-state index contributed by atoms with van der Waals surface area (Å²) in [7, 11) is 1.72. The molecule has 0 amide bonds. The second-order valence-electron chi connectivity index (χ2n) is 7.70. The maximum Gasteiger partial charge on any atom is 0.401 e. The largest absolute Gasteiger partial charge is 0.401 e. The number of rotatable bonds is 5. The average Bonchev–Trinajstić information content (AvgIpc) is 3.21. The van der Waals surface area contributed by atoms with Gasteiger partial charge in [-0.3, -0.25) is 9.89 Å². The monoisotopic (exact) mass is 474 g/mol. The number of nitrogens with zero attached hydrogens (tertiary/aromatic N) is 2. The Kier molecular flexibility index (Phi) is 7.67. The van der Waals surface area contributed by atoms with Gasteiger partial charge in [0.1, 0.15) is 0 Å². The molecular weight excluding hydrogens is 444 g/mol. The van der Waals surface area contributed by atoms with Crippen molar-refractivity contribution in [3.63, 3.8) is 0 Å². The van der Waals surface area contributed by atoms with Crippen LogP contribution < -0.4 is 10.6 Å². The first-order valence-electron chi connectivity index (χ1n) is 9.19. The topological polar surface area (TPSA) is 39.7 Å². The average molecular weight is 474 g/mol. The number of hydrogen-bond acceptors (Lipinski definition) is 2. The molecule has 4 nitrogen and oxygen atoms in total. The Labute approximate surface area is 165 Å². The summed E-state index contributed by atoms with van der Waals surface area (Å²) >= 11 is 0. The Morgan fingerprint density at radius 1 is 1.20 bits per heavy atom. The second-order valence-corrected chi connectivity index (χ2v) is 7.70. The van der Waals surface area contributed by atoms with Crippen molar-refractivity contribution in [2.24, 2.45) is 22.7 Å². The number of nitrogens with one attached hydrogen (secondary N) is 2. The lowest BCUT2D eigenvalue weighted by Gasteiger charge is -2.23. The summed E-state index contributed by atoms with van der Waals surface area (Å²) in [6, 6.07) is 0.0426. The molecular formula is C17H30F3IN4. The van der Waals surface area contributed by atoms with Gasteiger partial charge < -0.3 is 10.6 Å². The number of aliphatic imine (C=N–C) groups is 1. The van der Waals surface area contributed by atoms with Crippen LogP contribution in [0.2, 0.25) is 0 Å². The highest BCUT2D eigenvalue weighted by atomic mass is 127. The molecule has 0 aromatic rings. The van der Waals surface area contributed by atoms with Gasteiger partial charge in [0.2, 0.25) is 0 Å². The van der Waals surface area contributed by atoms with Crippen molar-refractivity contribution in [1.29, 1.82) is 0 Å². The Balaban J connectivity index is 0.00000225. The maximum absolute atomic E-state index is 12.4. The number of fused-ring (bicyclic) bond motifs is 2. The van der Waals surface area contributed by atoms with Crippen LogP contribution >= 0.6 is 24.0 Å². The third-order valence-corrected chi connectivity index (χ3v) is 5.93. The standard InChI is InChI=1S/C17H29F3N4.HI/c1-21-16(22-6-4-14-9-12-2-3-13(14)8-12)23-15-5-7-24(10-15)11-17(18,19)20;/h12-15H,2-11H2,1H3,(H2,21,22,23);1H. The molecule has 25 heavy (non-hydrogen) atoms. The molecule has 3 rings (SSSR count). The van der Waals surface area contributed by atoms with Crippen LogP contribution in [0, 0.1) is 17.8 Å². The fourth-order valence-electron chi connectivity index (χ4n) is 4.84. The van der Waals surface area contributed by atoms with Crippen molar-refractivity contribution < 1.29 is 13.2 Å². The molecule has 2 bridgehead atoms. The Hall–Kier alpha value is -0.250. The van der Waals surface area contributed by atoms with Crippen LogP contribution in [0.25, 0.3) is 0 Å². The molecule has 1 saturated heterocycles. The zero-order chi connectivity index (χ0) is 17.2. The van der Waals surface area contributed by atoms with E-state index in [9.17, 15) is 13.2 Å². The molecule has 0 radical (unpaired) electrons. The van der Waals surface area contributed by atoms with Crippen LogP contribution in [0.1, 0.15) is 38.5 Å². The summed E-state index contributed by atoms with van der Waals surface area (Å²) < 4.78 is 37.3. The summed E-state index contributed by atoms with van der Waals surface area (Å²) in [5.74, 6) is 3.47. The van der Waals surface area contributed by atoms with E-state index in [2.05, 4.69) is 15.6 Å². The predicted molar refractivity (Wildman–Crippen MR) is 104 cm³/mol. The number of guanidine groups is 1. The first kappa shape index (κ1) is 21.1. The van der Waals surface area contributed by atoms with Gasteiger partial charge >= 0.3 is 6.18 Å². The van der Waals surface area contributed by atoms with E-state index in [-0.39, 0.29) is 30.0 Å². The predicted octanol–water partition coefficient (Wildman–Crippen LogP) is 3.23. The minimum absolute atomic E-state index is 0. The summed E-state index contributed by atoms with van der Waals surface area (Å²) in [5.41, 5.74) is 0. The van der Waals surface area contributed by atoms with Crippen molar-refractivity contribution in [2.75, 3.05) is 33.2 Å². The molecule has 1 heterocycles. The van der Waals surface area contributed by atoms with E-state index in [1.54, 1.807) is 7.05 Å². The lowest BCUT2D eigenvalue weighted by Crippen LogP contribution is -2.45.